The van der Waals surface area contributed by atoms with E-state index < -0.39 is 12.9 Å². The van der Waals surface area contributed by atoms with Gasteiger partial charge in [0.25, 0.3) is 6.47 Å². The van der Waals surface area contributed by atoms with Crippen LogP contribution in [0, 0.1) is 0 Å². The maximum Gasteiger partial charge on any atom is 0.511 e. The van der Waals surface area contributed by atoms with Gasteiger partial charge in [-0.15, -0.1) is 0 Å². The van der Waals surface area contributed by atoms with Gasteiger partial charge in [-0.1, -0.05) is 0 Å². The molecule has 5 heteroatoms. The minimum atomic E-state index is -0.846. The molecule has 64 valence electrons. The molecule has 0 saturated carbocycles. The molecule has 0 amide bonds. The van der Waals surface area contributed by atoms with Crippen LogP contribution in [0.4, 0.5) is 4.79 Å². The molecule has 0 atom stereocenters. The zero-order valence-corrected chi connectivity index (χ0v) is 6.40. The Morgan fingerprint density at radius 2 is 2.18 bits per heavy atom. The Hall–Kier alpha value is -1.26. The molecule has 0 aromatic carbocycles. The zero-order chi connectivity index (χ0) is 8.69. The third-order valence-electron chi connectivity index (χ3n) is 0.645. The molecule has 0 fully saturated rings. The van der Waals surface area contributed by atoms with Gasteiger partial charge >= 0.3 is 6.16 Å². The van der Waals surface area contributed by atoms with Gasteiger partial charge in [-0.2, -0.15) is 0 Å². The van der Waals surface area contributed by atoms with Crippen molar-refractivity contribution in [2.24, 2.45) is 0 Å². The van der Waals surface area contributed by atoms with Crippen LogP contribution in [-0.4, -0.2) is 25.5 Å². The Bertz CT molecular complexity index is 131. The van der Waals surface area contributed by atoms with Gasteiger partial charge in [0.15, 0.2) is 0 Å². The second kappa shape index (κ2) is 5.52. The van der Waals surface area contributed by atoms with Gasteiger partial charge in [0.05, 0.1) is 6.10 Å². The molecular weight excluding hydrogens is 152 g/mol. The van der Waals surface area contributed by atoms with Crippen molar-refractivity contribution in [3.63, 3.8) is 0 Å². The molecule has 0 heterocycles. The van der Waals surface area contributed by atoms with Crippen LogP contribution in [0.3, 0.4) is 0 Å². The summed E-state index contributed by atoms with van der Waals surface area (Å²) in [6, 6.07) is 0. The molecule has 0 aliphatic carbocycles. The Labute approximate surface area is 64.2 Å². The van der Waals surface area contributed by atoms with Crippen molar-refractivity contribution in [2.45, 2.75) is 20.0 Å². The van der Waals surface area contributed by atoms with Crippen LogP contribution in [0.1, 0.15) is 13.8 Å². The molecule has 11 heavy (non-hydrogen) atoms. The van der Waals surface area contributed by atoms with E-state index in [-0.39, 0.29) is 12.6 Å². The van der Waals surface area contributed by atoms with Gasteiger partial charge < -0.3 is 14.2 Å². The molecule has 0 bridgehead atoms. The second-order valence-corrected chi connectivity index (χ2v) is 1.94. The Morgan fingerprint density at radius 1 is 1.55 bits per heavy atom. The van der Waals surface area contributed by atoms with Gasteiger partial charge in [0.2, 0.25) is 6.79 Å². The summed E-state index contributed by atoms with van der Waals surface area (Å²) in [5.41, 5.74) is 0. The van der Waals surface area contributed by atoms with Gasteiger partial charge in [0, 0.05) is 0 Å². The van der Waals surface area contributed by atoms with Crippen molar-refractivity contribution in [3.05, 3.63) is 0 Å². The summed E-state index contributed by atoms with van der Waals surface area (Å²) >= 11 is 0. The minimum absolute atomic E-state index is 0.183. The highest BCUT2D eigenvalue weighted by Crippen LogP contribution is 1.91. The van der Waals surface area contributed by atoms with E-state index in [2.05, 4.69) is 14.2 Å². The molecule has 0 unspecified atom stereocenters. The number of carbonyl (C=O) groups excluding carboxylic acids is 2. The molecule has 0 spiro atoms. The molecule has 0 radical (unpaired) electrons. The van der Waals surface area contributed by atoms with Gasteiger partial charge in [-0.05, 0) is 13.8 Å². The quantitative estimate of drug-likeness (QED) is 0.263. The predicted octanol–water partition coefficient (Wildman–Crippen LogP) is 0.678. The molecule has 5 nitrogen and oxygen atoms in total. The van der Waals surface area contributed by atoms with E-state index in [1.807, 2.05) is 0 Å². The van der Waals surface area contributed by atoms with E-state index in [1.54, 1.807) is 13.8 Å². The third-order valence-corrected chi connectivity index (χ3v) is 0.645. The van der Waals surface area contributed by atoms with Crippen molar-refractivity contribution in [3.8, 4) is 0 Å². The first-order valence-corrected chi connectivity index (χ1v) is 3.05. The van der Waals surface area contributed by atoms with Crippen molar-refractivity contribution in [1.29, 1.82) is 0 Å². The van der Waals surface area contributed by atoms with Crippen LogP contribution >= 0.6 is 0 Å². The lowest BCUT2D eigenvalue weighted by Gasteiger charge is -2.06. The number of rotatable bonds is 4. The standard InChI is InChI=1S/C6H10O5/c1-5(2)11-6(8)10-4-9-3-7/h3,5H,4H2,1-2H3. The SMILES string of the molecule is CC(C)OC(=O)OCOC=O. The number of hydrogen-bond acceptors (Lipinski definition) is 5. The van der Waals surface area contributed by atoms with Crippen molar-refractivity contribution in [2.75, 3.05) is 6.79 Å². The lowest BCUT2D eigenvalue weighted by Crippen LogP contribution is -2.14. The fourth-order valence-corrected chi connectivity index (χ4v) is 0.336. The summed E-state index contributed by atoms with van der Waals surface area (Å²) in [6.45, 7) is 3.14. The average molecular weight is 162 g/mol. The Morgan fingerprint density at radius 3 is 2.64 bits per heavy atom. The highest BCUT2D eigenvalue weighted by atomic mass is 16.8. The number of ether oxygens (including phenoxy) is 3. The van der Waals surface area contributed by atoms with Gasteiger partial charge in [-0.3, -0.25) is 4.79 Å². The Kier molecular flexibility index (Phi) is 4.89. The minimum Gasteiger partial charge on any atom is -0.431 e. The summed E-state index contributed by atoms with van der Waals surface area (Å²) in [4.78, 5) is 20.0. The maximum atomic E-state index is 10.5. The van der Waals surface area contributed by atoms with Gasteiger partial charge in [-0.25, -0.2) is 4.79 Å². The molecule has 0 aromatic heterocycles. The molecule has 0 N–H and O–H groups in total. The summed E-state index contributed by atoms with van der Waals surface area (Å²) < 4.78 is 12.9. The van der Waals surface area contributed by atoms with E-state index in [0.29, 0.717) is 0 Å². The monoisotopic (exact) mass is 162 g/mol. The lowest BCUT2D eigenvalue weighted by atomic mass is 10.5. The van der Waals surface area contributed by atoms with Crippen LogP contribution < -0.4 is 0 Å². The molecule has 0 aliphatic heterocycles. The van der Waals surface area contributed by atoms with Crippen LogP contribution in [0.15, 0.2) is 0 Å². The van der Waals surface area contributed by atoms with Crippen molar-refractivity contribution < 1.29 is 23.8 Å². The van der Waals surface area contributed by atoms with Crippen molar-refractivity contribution >= 4 is 12.6 Å². The van der Waals surface area contributed by atoms with Crippen LogP contribution in [0.2, 0.25) is 0 Å². The molecule has 0 aromatic rings. The van der Waals surface area contributed by atoms with E-state index in [1.165, 1.54) is 0 Å². The fraction of sp³-hybridized carbons (Fsp3) is 0.667. The summed E-state index contributed by atoms with van der Waals surface area (Å²) in [5.74, 6) is 0. The summed E-state index contributed by atoms with van der Waals surface area (Å²) in [5, 5.41) is 0. The van der Waals surface area contributed by atoms with Gasteiger partial charge in [0.1, 0.15) is 0 Å². The third kappa shape index (κ3) is 6.63. The maximum absolute atomic E-state index is 10.5. The summed E-state index contributed by atoms with van der Waals surface area (Å²) in [6.07, 6.45) is -1.08. The first-order chi connectivity index (χ1) is 5.16. The lowest BCUT2D eigenvalue weighted by molar-refractivity contribution is -0.138. The first kappa shape index (κ1) is 9.74. The van der Waals surface area contributed by atoms with Crippen LogP contribution in [0.5, 0.6) is 0 Å². The average Bonchev–Trinajstić information content (AvgIpc) is 1.86. The second-order valence-electron chi connectivity index (χ2n) is 1.94. The molecule has 0 saturated heterocycles. The van der Waals surface area contributed by atoms with E-state index in [9.17, 15) is 9.59 Å². The fourth-order valence-electron chi connectivity index (χ4n) is 0.336. The van der Waals surface area contributed by atoms with Crippen molar-refractivity contribution in [1.82, 2.24) is 0 Å². The van der Waals surface area contributed by atoms with Crippen LogP contribution in [-0.2, 0) is 19.0 Å². The molecule has 0 aliphatic rings. The molecule has 0 rings (SSSR count). The predicted molar refractivity (Wildman–Crippen MR) is 34.7 cm³/mol. The normalized spacial score (nSPS) is 9.00. The number of hydrogen-bond donors (Lipinski definition) is 0. The Balaban J connectivity index is 3.30. The largest absolute Gasteiger partial charge is 0.511 e. The smallest absolute Gasteiger partial charge is 0.431 e. The summed E-state index contributed by atoms with van der Waals surface area (Å²) in [7, 11) is 0. The highest BCUT2D eigenvalue weighted by molar-refractivity contribution is 5.59. The van der Waals surface area contributed by atoms with E-state index in [0.717, 1.165) is 0 Å². The van der Waals surface area contributed by atoms with E-state index >= 15 is 0 Å². The first-order valence-electron chi connectivity index (χ1n) is 3.05. The van der Waals surface area contributed by atoms with E-state index in [4.69, 9.17) is 0 Å². The number of carbonyl (C=O) groups is 2. The van der Waals surface area contributed by atoms with Crippen LogP contribution in [0.25, 0.3) is 0 Å². The zero-order valence-electron chi connectivity index (χ0n) is 6.40. The molecular formula is C6H10O5. The highest BCUT2D eigenvalue weighted by Gasteiger charge is 2.04. The topological polar surface area (TPSA) is 61.8 Å².